The van der Waals surface area contributed by atoms with Crippen molar-refractivity contribution in [3.05, 3.63) is 23.9 Å². The van der Waals surface area contributed by atoms with Gasteiger partial charge in [0.15, 0.2) is 5.65 Å². The van der Waals surface area contributed by atoms with Crippen LogP contribution in [-0.4, -0.2) is 14.6 Å². The van der Waals surface area contributed by atoms with Crippen LogP contribution in [0.5, 0.6) is 0 Å². The lowest BCUT2D eigenvalue weighted by Crippen LogP contribution is -1.94. The highest BCUT2D eigenvalue weighted by atomic mass is 15.3. The van der Waals surface area contributed by atoms with E-state index in [0.29, 0.717) is 5.95 Å². The maximum Gasteiger partial charge on any atom is 0.226 e. The summed E-state index contributed by atoms with van der Waals surface area (Å²) in [5.41, 5.74) is 7.62. The lowest BCUT2D eigenvalue weighted by molar-refractivity contribution is 1.08. The molecule has 0 spiro atoms. The van der Waals surface area contributed by atoms with E-state index < -0.39 is 0 Å². The first-order chi connectivity index (χ1) is 5.83. The number of pyridine rings is 1. The van der Waals surface area contributed by atoms with Crippen molar-refractivity contribution in [2.24, 2.45) is 0 Å². The molecule has 0 atom stereocenters. The standard InChI is InChI=1S/C8H10N4/c1-2-6-4-3-5-12-7(6)10-11-8(12)9/h3-5H,2H2,1H3,(H2,9,11). The van der Waals surface area contributed by atoms with Gasteiger partial charge in [-0.3, -0.25) is 4.40 Å². The molecule has 62 valence electrons. The molecule has 12 heavy (non-hydrogen) atoms. The number of nitrogens with two attached hydrogens (primary N) is 1. The molecule has 4 heteroatoms. The smallest absolute Gasteiger partial charge is 0.226 e. The highest BCUT2D eigenvalue weighted by molar-refractivity contribution is 5.50. The van der Waals surface area contributed by atoms with Crippen molar-refractivity contribution in [1.29, 1.82) is 0 Å². The van der Waals surface area contributed by atoms with E-state index in [0.717, 1.165) is 12.1 Å². The molecule has 0 saturated heterocycles. The van der Waals surface area contributed by atoms with E-state index in [9.17, 15) is 0 Å². The Morgan fingerprint density at radius 3 is 3.08 bits per heavy atom. The van der Waals surface area contributed by atoms with Crippen molar-refractivity contribution < 1.29 is 0 Å². The average molecular weight is 162 g/mol. The first-order valence-electron chi connectivity index (χ1n) is 3.91. The Balaban J connectivity index is 2.81. The van der Waals surface area contributed by atoms with Crippen LogP contribution in [0.4, 0.5) is 5.95 Å². The zero-order chi connectivity index (χ0) is 8.55. The van der Waals surface area contributed by atoms with Gasteiger partial charge in [0.1, 0.15) is 0 Å². The first kappa shape index (κ1) is 7.09. The van der Waals surface area contributed by atoms with Crippen LogP contribution in [-0.2, 0) is 6.42 Å². The fraction of sp³-hybridized carbons (Fsp3) is 0.250. The number of fused-ring (bicyclic) bond motifs is 1. The van der Waals surface area contributed by atoms with Crippen molar-refractivity contribution in [1.82, 2.24) is 14.6 Å². The molecular weight excluding hydrogens is 152 g/mol. The molecule has 0 saturated carbocycles. The van der Waals surface area contributed by atoms with Crippen LogP contribution in [0.2, 0.25) is 0 Å². The van der Waals surface area contributed by atoms with Gasteiger partial charge in [-0.1, -0.05) is 13.0 Å². The summed E-state index contributed by atoms with van der Waals surface area (Å²) in [6.45, 7) is 2.08. The number of rotatable bonds is 1. The highest BCUT2D eigenvalue weighted by Crippen LogP contribution is 2.10. The van der Waals surface area contributed by atoms with Crippen LogP contribution in [0.1, 0.15) is 12.5 Å². The van der Waals surface area contributed by atoms with Gasteiger partial charge in [0.2, 0.25) is 5.95 Å². The van der Waals surface area contributed by atoms with Crippen molar-refractivity contribution in [2.45, 2.75) is 13.3 Å². The molecule has 0 amide bonds. The van der Waals surface area contributed by atoms with Crippen LogP contribution in [0.25, 0.3) is 5.65 Å². The van der Waals surface area contributed by atoms with Gasteiger partial charge in [-0.25, -0.2) is 0 Å². The third-order valence-corrected chi connectivity index (χ3v) is 1.92. The minimum atomic E-state index is 0.445. The number of aryl methyl sites for hydroxylation is 1. The molecule has 2 aromatic rings. The third-order valence-electron chi connectivity index (χ3n) is 1.92. The summed E-state index contributed by atoms with van der Waals surface area (Å²) in [6.07, 6.45) is 2.81. The van der Waals surface area contributed by atoms with Crippen LogP contribution in [0, 0.1) is 0 Å². The predicted octanol–water partition coefficient (Wildman–Crippen LogP) is 0.874. The fourth-order valence-electron chi connectivity index (χ4n) is 1.27. The fourth-order valence-corrected chi connectivity index (χ4v) is 1.27. The van der Waals surface area contributed by atoms with Gasteiger partial charge in [0, 0.05) is 6.20 Å². The van der Waals surface area contributed by atoms with E-state index in [1.54, 1.807) is 4.40 Å². The Kier molecular flexibility index (Phi) is 1.46. The summed E-state index contributed by atoms with van der Waals surface area (Å²) in [7, 11) is 0. The second kappa shape index (κ2) is 2.48. The molecule has 0 radical (unpaired) electrons. The maximum atomic E-state index is 5.59. The quantitative estimate of drug-likeness (QED) is 0.677. The number of hydrogen-bond donors (Lipinski definition) is 1. The van der Waals surface area contributed by atoms with Crippen molar-refractivity contribution in [3.63, 3.8) is 0 Å². The van der Waals surface area contributed by atoms with E-state index in [1.807, 2.05) is 18.3 Å². The van der Waals surface area contributed by atoms with E-state index in [1.165, 1.54) is 5.56 Å². The molecule has 4 nitrogen and oxygen atoms in total. The third kappa shape index (κ3) is 0.845. The van der Waals surface area contributed by atoms with Gasteiger partial charge < -0.3 is 5.73 Å². The lowest BCUT2D eigenvalue weighted by atomic mass is 10.2. The normalized spacial score (nSPS) is 10.8. The number of aromatic nitrogens is 3. The van der Waals surface area contributed by atoms with E-state index in [4.69, 9.17) is 5.73 Å². The second-order valence-electron chi connectivity index (χ2n) is 2.64. The molecule has 0 aromatic carbocycles. The largest absolute Gasteiger partial charge is 0.368 e. The zero-order valence-corrected chi connectivity index (χ0v) is 6.86. The van der Waals surface area contributed by atoms with E-state index in [2.05, 4.69) is 17.1 Å². The molecule has 2 aromatic heterocycles. The number of anilines is 1. The molecule has 2 rings (SSSR count). The monoisotopic (exact) mass is 162 g/mol. The topological polar surface area (TPSA) is 56.2 Å². The van der Waals surface area contributed by atoms with E-state index >= 15 is 0 Å². The number of hydrogen-bond acceptors (Lipinski definition) is 3. The Hall–Kier alpha value is -1.58. The van der Waals surface area contributed by atoms with Gasteiger partial charge in [-0.2, -0.15) is 0 Å². The summed E-state index contributed by atoms with van der Waals surface area (Å²) in [4.78, 5) is 0. The molecule has 0 unspecified atom stereocenters. The van der Waals surface area contributed by atoms with Crippen LogP contribution in [0.3, 0.4) is 0 Å². The number of nitrogens with zero attached hydrogens (tertiary/aromatic N) is 3. The Labute approximate surface area is 70.0 Å². The molecular formula is C8H10N4. The van der Waals surface area contributed by atoms with Crippen LogP contribution in [0.15, 0.2) is 18.3 Å². The van der Waals surface area contributed by atoms with Gasteiger partial charge >= 0.3 is 0 Å². The molecule has 2 heterocycles. The summed E-state index contributed by atoms with van der Waals surface area (Å²) < 4.78 is 1.79. The first-order valence-corrected chi connectivity index (χ1v) is 3.91. The van der Waals surface area contributed by atoms with Gasteiger partial charge in [0.25, 0.3) is 0 Å². The summed E-state index contributed by atoms with van der Waals surface area (Å²) in [5, 5.41) is 7.77. The Morgan fingerprint density at radius 1 is 1.50 bits per heavy atom. The average Bonchev–Trinajstić information content (AvgIpc) is 2.48. The zero-order valence-electron chi connectivity index (χ0n) is 6.86. The minimum Gasteiger partial charge on any atom is -0.368 e. The molecule has 0 fully saturated rings. The summed E-state index contributed by atoms with van der Waals surface area (Å²) in [6, 6.07) is 3.98. The van der Waals surface area contributed by atoms with Gasteiger partial charge in [-0.15, -0.1) is 10.2 Å². The molecule has 0 aliphatic heterocycles. The van der Waals surface area contributed by atoms with Crippen molar-refractivity contribution in [2.75, 3.05) is 5.73 Å². The summed E-state index contributed by atoms with van der Waals surface area (Å²) in [5.74, 6) is 0.445. The Bertz CT molecular complexity index is 404. The van der Waals surface area contributed by atoms with Crippen molar-refractivity contribution >= 4 is 11.6 Å². The van der Waals surface area contributed by atoms with Gasteiger partial charge in [-0.05, 0) is 18.1 Å². The minimum absolute atomic E-state index is 0.445. The molecule has 2 N–H and O–H groups in total. The lowest BCUT2D eigenvalue weighted by Gasteiger charge is -1.98. The van der Waals surface area contributed by atoms with E-state index in [-0.39, 0.29) is 0 Å². The van der Waals surface area contributed by atoms with Crippen LogP contribution >= 0.6 is 0 Å². The van der Waals surface area contributed by atoms with Gasteiger partial charge in [0.05, 0.1) is 0 Å². The highest BCUT2D eigenvalue weighted by Gasteiger charge is 2.03. The second-order valence-corrected chi connectivity index (χ2v) is 2.64. The van der Waals surface area contributed by atoms with Crippen molar-refractivity contribution in [3.8, 4) is 0 Å². The summed E-state index contributed by atoms with van der Waals surface area (Å²) >= 11 is 0. The SMILES string of the molecule is CCc1cccn2c(N)nnc12. The molecule has 0 bridgehead atoms. The maximum absolute atomic E-state index is 5.59. The number of nitrogen functional groups attached to an aromatic ring is 1. The molecule has 0 aliphatic rings. The molecule has 0 aliphatic carbocycles. The Morgan fingerprint density at radius 2 is 2.33 bits per heavy atom. The predicted molar refractivity (Wildman–Crippen MR) is 46.8 cm³/mol. The van der Waals surface area contributed by atoms with Crippen LogP contribution < -0.4 is 5.73 Å².